The van der Waals surface area contributed by atoms with Gasteiger partial charge in [0, 0.05) is 18.1 Å². The van der Waals surface area contributed by atoms with Gasteiger partial charge in [0.2, 0.25) is 0 Å². The monoisotopic (exact) mass is 230 g/mol. The van der Waals surface area contributed by atoms with Crippen LogP contribution in [0.3, 0.4) is 0 Å². The number of nitrogens with two attached hydrogens (primary N) is 1. The number of nitrogen functional groups attached to an aromatic ring is 1. The summed E-state index contributed by atoms with van der Waals surface area (Å²) in [6, 6.07) is 9.62. The summed E-state index contributed by atoms with van der Waals surface area (Å²) in [4.78, 5) is 0. The van der Waals surface area contributed by atoms with Crippen LogP contribution in [0.15, 0.2) is 34.9 Å². The van der Waals surface area contributed by atoms with E-state index >= 15 is 0 Å². The molecule has 1 aromatic heterocycles. The minimum absolute atomic E-state index is 0.381. The van der Waals surface area contributed by atoms with Crippen LogP contribution in [0.1, 0.15) is 18.4 Å². The molecule has 1 saturated carbocycles. The van der Waals surface area contributed by atoms with Crippen LogP contribution in [-0.2, 0) is 6.42 Å². The normalized spacial score (nSPS) is 17.0. The first-order chi connectivity index (χ1) is 8.15. The van der Waals surface area contributed by atoms with Crippen molar-refractivity contribution in [2.24, 2.45) is 0 Å². The van der Waals surface area contributed by atoms with E-state index in [1.165, 1.54) is 0 Å². The van der Waals surface area contributed by atoms with Crippen LogP contribution < -0.4 is 5.73 Å². The number of aliphatic hydroxyl groups is 1. The van der Waals surface area contributed by atoms with Gasteiger partial charge in [0.15, 0.2) is 11.6 Å². The van der Waals surface area contributed by atoms with Crippen molar-refractivity contribution in [2.45, 2.75) is 24.9 Å². The maximum atomic E-state index is 9.89. The van der Waals surface area contributed by atoms with Crippen molar-refractivity contribution in [1.82, 2.24) is 5.16 Å². The number of anilines is 1. The van der Waals surface area contributed by atoms with Crippen LogP contribution in [0.2, 0.25) is 0 Å². The first-order valence-corrected chi connectivity index (χ1v) is 5.69. The summed E-state index contributed by atoms with van der Waals surface area (Å²) in [5, 5.41) is 13.6. The van der Waals surface area contributed by atoms with E-state index in [0.29, 0.717) is 18.0 Å². The van der Waals surface area contributed by atoms with Crippen LogP contribution in [0.5, 0.6) is 0 Å². The van der Waals surface area contributed by atoms with Gasteiger partial charge in [-0.15, -0.1) is 0 Å². The molecular weight excluding hydrogens is 216 g/mol. The molecule has 1 aliphatic carbocycles. The second kappa shape index (κ2) is 3.60. The second-order valence-electron chi connectivity index (χ2n) is 4.72. The lowest BCUT2D eigenvalue weighted by molar-refractivity contribution is 0.151. The van der Waals surface area contributed by atoms with E-state index in [-0.39, 0.29) is 0 Å². The van der Waals surface area contributed by atoms with Gasteiger partial charge < -0.3 is 15.4 Å². The molecule has 4 nitrogen and oxygen atoms in total. The van der Waals surface area contributed by atoms with Crippen LogP contribution in [-0.4, -0.2) is 15.9 Å². The molecule has 0 amide bonds. The number of nitrogens with zero attached hydrogens (tertiary/aromatic N) is 1. The van der Waals surface area contributed by atoms with Crippen molar-refractivity contribution >= 4 is 5.82 Å². The zero-order chi connectivity index (χ0) is 11.9. The maximum absolute atomic E-state index is 9.89. The minimum atomic E-state index is -0.473. The molecule has 0 radical (unpaired) electrons. The molecule has 0 spiro atoms. The zero-order valence-corrected chi connectivity index (χ0v) is 9.39. The van der Waals surface area contributed by atoms with E-state index in [1.54, 1.807) is 6.07 Å². The Morgan fingerprint density at radius 3 is 2.82 bits per heavy atom. The summed E-state index contributed by atoms with van der Waals surface area (Å²) in [5.41, 5.74) is 7.10. The lowest BCUT2D eigenvalue weighted by atomic mass is 10.0. The molecule has 0 atom stereocenters. The van der Waals surface area contributed by atoms with Crippen LogP contribution in [0.4, 0.5) is 5.82 Å². The SMILES string of the molecule is Nc1cc(-c2cccc(CC3(O)CC3)c2)on1. The summed E-state index contributed by atoms with van der Waals surface area (Å²) >= 11 is 0. The van der Waals surface area contributed by atoms with Crippen molar-refractivity contribution in [1.29, 1.82) is 0 Å². The number of hydrogen-bond donors (Lipinski definition) is 2. The van der Waals surface area contributed by atoms with E-state index in [0.717, 1.165) is 24.0 Å². The molecule has 3 rings (SSSR count). The van der Waals surface area contributed by atoms with Gasteiger partial charge in [0.25, 0.3) is 0 Å². The van der Waals surface area contributed by atoms with Crippen molar-refractivity contribution in [3.63, 3.8) is 0 Å². The number of hydrogen-bond acceptors (Lipinski definition) is 4. The Bertz CT molecular complexity index is 544. The molecule has 1 aliphatic rings. The smallest absolute Gasteiger partial charge is 0.169 e. The van der Waals surface area contributed by atoms with Gasteiger partial charge in [-0.1, -0.05) is 23.4 Å². The molecule has 0 bridgehead atoms. The number of rotatable bonds is 3. The van der Waals surface area contributed by atoms with E-state index in [4.69, 9.17) is 10.3 Å². The number of aromatic nitrogens is 1. The van der Waals surface area contributed by atoms with Crippen molar-refractivity contribution in [2.75, 3.05) is 5.73 Å². The van der Waals surface area contributed by atoms with Gasteiger partial charge in [-0.2, -0.15) is 0 Å². The molecule has 2 aromatic rings. The third kappa shape index (κ3) is 2.17. The molecule has 0 unspecified atom stereocenters. The predicted octanol–water partition coefficient (Wildman–Crippen LogP) is 1.99. The molecular formula is C13H14N2O2. The highest BCUT2D eigenvalue weighted by Gasteiger charge is 2.40. The van der Waals surface area contributed by atoms with Crippen molar-refractivity contribution < 1.29 is 9.63 Å². The summed E-state index contributed by atoms with van der Waals surface area (Å²) in [5.74, 6) is 1.04. The fraction of sp³-hybridized carbons (Fsp3) is 0.308. The molecule has 0 aliphatic heterocycles. The quantitative estimate of drug-likeness (QED) is 0.845. The summed E-state index contributed by atoms with van der Waals surface area (Å²) in [6.07, 6.45) is 2.49. The third-order valence-electron chi connectivity index (χ3n) is 3.10. The molecule has 4 heteroatoms. The molecule has 1 aromatic carbocycles. The molecule has 17 heavy (non-hydrogen) atoms. The molecule has 88 valence electrons. The number of benzene rings is 1. The van der Waals surface area contributed by atoms with Gasteiger partial charge in [0.1, 0.15) is 0 Å². The Hall–Kier alpha value is -1.81. The minimum Gasteiger partial charge on any atom is -0.390 e. The van der Waals surface area contributed by atoms with E-state index in [2.05, 4.69) is 5.16 Å². The highest BCUT2D eigenvalue weighted by molar-refractivity contribution is 5.60. The lowest BCUT2D eigenvalue weighted by Crippen LogP contribution is -2.10. The van der Waals surface area contributed by atoms with E-state index in [9.17, 15) is 5.11 Å². The van der Waals surface area contributed by atoms with Crippen LogP contribution in [0, 0.1) is 0 Å². The van der Waals surface area contributed by atoms with Gasteiger partial charge in [-0.3, -0.25) is 0 Å². The molecule has 1 fully saturated rings. The van der Waals surface area contributed by atoms with Gasteiger partial charge in [-0.05, 0) is 24.5 Å². The predicted molar refractivity (Wildman–Crippen MR) is 64.2 cm³/mol. The summed E-state index contributed by atoms with van der Waals surface area (Å²) in [7, 11) is 0. The Balaban J connectivity index is 1.88. The highest BCUT2D eigenvalue weighted by atomic mass is 16.5. The van der Waals surface area contributed by atoms with Crippen LogP contribution >= 0.6 is 0 Å². The third-order valence-corrected chi connectivity index (χ3v) is 3.10. The Kier molecular flexibility index (Phi) is 2.19. The standard InChI is InChI=1S/C13H14N2O2/c14-12-7-11(17-15-12)10-3-1-2-9(6-10)8-13(16)4-5-13/h1-3,6-7,16H,4-5,8H2,(H2,14,15). The lowest BCUT2D eigenvalue weighted by Gasteiger charge is -2.07. The fourth-order valence-corrected chi connectivity index (χ4v) is 1.96. The van der Waals surface area contributed by atoms with Crippen LogP contribution in [0.25, 0.3) is 11.3 Å². The molecule has 1 heterocycles. The fourth-order valence-electron chi connectivity index (χ4n) is 1.96. The average Bonchev–Trinajstić information content (AvgIpc) is 2.87. The first-order valence-electron chi connectivity index (χ1n) is 5.69. The van der Waals surface area contributed by atoms with Crippen molar-refractivity contribution in [3.8, 4) is 11.3 Å². The largest absolute Gasteiger partial charge is 0.390 e. The molecule has 0 saturated heterocycles. The Morgan fingerprint density at radius 2 is 2.18 bits per heavy atom. The molecule has 3 N–H and O–H groups in total. The summed E-state index contributed by atoms with van der Waals surface area (Å²) in [6.45, 7) is 0. The second-order valence-corrected chi connectivity index (χ2v) is 4.72. The van der Waals surface area contributed by atoms with E-state index in [1.807, 2.05) is 24.3 Å². The topological polar surface area (TPSA) is 72.3 Å². The van der Waals surface area contributed by atoms with Gasteiger partial charge >= 0.3 is 0 Å². The Morgan fingerprint density at radius 1 is 1.35 bits per heavy atom. The Labute approximate surface area is 99.0 Å². The summed E-state index contributed by atoms with van der Waals surface area (Å²) < 4.78 is 5.11. The van der Waals surface area contributed by atoms with Gasteiger partial charge in [-0.25, -0.2) is 0 Å². The zero-order valence-electron chi connectivity index (χ0n) is 9.39. The van der Waals surface area contributed by atoms with Crippen molar-refractivity contribution in [3.05, 3.63) is 35.9 Å². The van der Waals surface area contributed by atoms with E-state index < -0.39 is 5.60 Å². The maximum Gasteiger partial charge on any atom is 0.169 e. The highest BCUT2D eigenvalue weighted by Crippen LogP contribution is 2.38. The average molecular weight is 230 g/mol. The van der Waals surface area contributed by atoms with Gasteiger partial charge in [0.05, 0.1) is 5.60 Å². The first kappa shape index (κ1) is 10.4.